The number of nitrogens with one attached hydrogen (secondary N) is 1. The summed E-state index contributed by atoms with van der Waals surface area (Å²) in [5.74, 6) is 0.151. The summed E-state index contributed by atoms with van der Waals surface area (Å²) in [5, 5.41) is 12.7. The van der Waals surface area contributed by atoms with Crippen LogP contribution in [-0.2, 0) is 5.75 Å². The molecule has 0 aliphatic carbocycles. The van der Waals surface area contributed by atoms with Crippen molar-refractivity contribution in [3.05, 3.63) is 57.6 Å². The van der Waals surface area contributed by atoms with E-state index in [4.69, 9.17) is 11.6 Å². The van der Waals surface area contributed by atoms with Gasteiger partial charge < -0.3 is 5.32 Å². The lowest BCUT2D eigenvalue weighted by molar-refractivity contribution is 0.0913. The molecule has 7 nitrogen and oxygen atoms in total. The predicted octanol–water partition coefficient (Wildman–Crippen LogP) is 4.46. The average Bonchev–Trinajstić information content (AvgIpc) is 3.04. The van der Waals surface area contributed by atoms with Crippen molar-refractivity contribution in [2.45, 2.75) is 58.0 Å². The highest BCUT2D eigenvalue weighted by Gasteiger charge is 2.24. The average molecular weight is 445 g/mol. The minimum atomic E-state index is -0.394. The van der Waals surface area contributed by atoms with Crippen molar-refractivity contribution in [1.82, 2.24) is 30.3 Å². The van der Waals surface area contributed by atoms with Gasteiger partial charge in [0.25, 0.3) is 5.91 Å². The Morgan fingerprint density at radius 1 is 1.13 bits per heavy atom. The van der Waals surface area contributed by atoms with Gasteiger partial charge in [-0.25, -0.2) is 14.6 Å². The van der Waals surface area contributed by atoms with Gasteiger partial charge in [-0.15, -0.1) is 5.10 Å². The van der Waals surface area contributed by atoms with Gasteiger partial charge in [-0.2, -0.15) is 0 Å². The summed E-state index contributed by atoms with van der Waals surface area (Å²) in [6.45, 7) is 11.6. The van der Waals surface area contributed by atoms with Crippen LogP contribution in [0.1, 0.15) is 53.9 Å². The lowest BCUT2D eigenvalue weighted by Crippen LogP contribution is -2.41. The first kappa shape index (κ1) is 22.2. The Bertz CT molecular complexity index is 1070. The molecule has 2 aromatic heterocycles. The van der Waals surface area contributed by atoms with Gasteiger partial charge in [-0.05, 0) is 65.3 Å². The zero-order valence-electron chi connectivity index (χ0n) is 17.9. The summed E-state index contributed by atoms with van der Waals surface area (Å²) in [5.41, 5.74) is 4.04. The molecule has 0 spiro atoms. The van der Waals surface area contributed by atoms with E-state index in [-0.39, 0.29) is 11.6 Å². The first-order valence-corrected chi connectivity index (χ1v) is 10.9. The largest absolute Gasteiger partial charge is 0.346 e. The minimum Gasteiger partial charge on any atom is -0.346 e. The van der Waals surface area contributed by atoms with Crippen molar-refractivity contribution in [3.8, 4) is 5.69 Å². The Kier molecular flexibility index (Phi) is 6.47. The van der Waals surface area contributed by atoms with Crippen LogP contribution >= 0.6 is 23.4 Å². The maximum atomic E-state index is 12.9. The fourth-order valence-electron chi connectivity index (χ4n) is 2.82. The van der Waals surface area contributed by atoms with Gasteiger partial charge in [-0.3, -0.25) is 4.79 Å². The molecule has 1 N–H and O–H groups in total. The molecule has 0 atom stereocenters. The van der Waals surface area contributed by atoms with Crippen LogP contribution in [0.5, 0.6) is 0 Å². The molecule has 3 aromatic rings. The van der Waals surface area contributed by atoms with Crippen LogP contribution in [0.2, 0.25) is 5.02 Å². The highest BCUT2D eigenvalue weighted by molar-refractivity contribution is 7.98. The number of halogens is 1. The molecule has 0 aliphatic rings. The lowest BCUT2D eigenvalue weighted by Gasteiger charge is -2.20. The Morgan fingerprint density at radius 2 is 1.80 bits per heavy atom. The van der Waals surface area contributed by atoms with E-state index < -0.39 is 5.54 Å². The topological polar surface area (TPSA) is 85.6 Å². The zero-order chi connectivity index (χ0) is 22.1. The van der Waals surface area contributed by atoms with Crippen molar-refractivity contribution in [2.75, 3.05) is 0 Å². The smallest absolute Gasteiger partial charge is 0.274 e. The molecular formula is C21H25ClN6OS. The predicted molar refractivity (Wildman–Crippen MR) is 119 cm³/mol. The number of carbonyl (C=O) groups excluding carboxylic acids is 1. The number of amides is 1. The number of aromatic nitrogens is 5. The van der Waals surface area contributed by atoms with Gasteiger partial charge in [-0.1, -0.05) is 34.6 Å². The van der Waals surface area contributed by atoms with Crippen LogP contribution < -0.4 is 5.32 Å². The van der Waals surface area contributed by atoms with Gasteiger partial charge in [0.15, 0.2) is 10.9 Å². The number of rotatable bonds is 5. The summed E-state index contributed by atoms with van der Waals surface area (Å²) >= 11 is 7.75. The monoisotopic (exact) mass is 444 g/mol. The van der Waals surface area contributed by atoms with Crippen LogP contribution in [0, 0.1) is 20.8 Å². The van der Waals surface area contributed by atoms with E-state index in [2.05, 4.69) is 25.6 Å². The van der Waals surface area contributed by atoms with Crippen LogP contribution in [0.25, 0.3) is 5.69 Å². The molecule has 158 valence electrons. The third-order valence-corrected chi connectivity index (χ3v) is 5.43. The molecule has 0 saturated heterocycles. The molecule has 30 heavy (non-hydrogen) atoms. The molecule has 0 fully saturated rings. The van der Waals surface area contributed by atoms with E-state index in [1.165, 1.54) is 11.8 Å². The fourth-order valence-corrected chi connectivity index (χ4v) is 3.94. The van der Waals surface area contributed by atoms with Crippen molar-refractivity contribution >= 4 is 29.3 Å². The molecule has 0 saturated carbocycles. The van der Waals surface area contributed by atoms with Gasteiger partial charge in [0.1, 0.15) is 0 Å². The maximum Gasteiger partial charge on any atom is 0.274 e. The van der Waals surface area contributed by atoms with E-state index in [9.17, 15) is 4.79 Å². The summed E-state index contributed by atoms with van der Waals surface area (Å²) in [6, 6.07) is 7.56. The molecule has 1 aromatic carbocycles. The van der Waals surface area contributed by atoms with E-state index >= 15 is 0 Å². The third kappa shape index (κ3) is 5.37. The SMILES string of the molecule is Cc1cc(C)nc(SCc2c(C(=O)NC(C)(C)C)nnn2-c2ccc(C)c(Cl)c2)n1. The van der Waals surface area contributed by atoms with Crippen molar-refractivity contribution in [1.29, 1.82) is 0 Å². The molecule has 2 heterocycles. The quantitative estimate of drug-likeness (QED) is 0.462. The van der Waals surface area contributed by atoms with E-state index in [1.54, 1.807) is 4.68 Å². The lowest BCUT2D eigenvalue weighted by atomic mass is 10.1. The minimum absolute atomic E-state index is 0.274. The molecule has 3 rings (SSSR count). The Labute approximate surface area is 185 Å². The second-order valence-electron chi connectivity index (χ2n) is 8.16. The van der Waals surface area contributed by atoms with Gasteiger partial charge in [0.2, 0.25) is 0 Å². The summed E-state index contributed by atoms with van der Waals surface area (Å²) in [7, 11) is 0. The van der Waals surface area contributed by atoms with Gasteiger partial charge in [0, 0.05) is 27.7 Å². The number of hydrogen-bond acceptors (Lipinski definition) is 6. The normalized spacial score (nSPS) is 11.6. The number of benzene rings is 1. The summed E-state index contributed by atoms with van der Waals surface area (Å²) < 4.78 is 1.65. The van der Waals surface area contributed by atoms with Crippen molar-refractivity contribution < 1.29 is 4.79 Å². The molecule has 0 bridgehead atoms. The Hall–Kier alpha value is -2.45. The van der Waals surface area contributed by atoms with Crippen molar-refractivity contribution in [2.24, 2.45) is 0 Å². The Balaban J connectivity index is 2.00. The third-order valence-electron chi connectivity index (χ3n) is 4.17. The fraction of sp³-hybridized carbons (Fsp3) is 0.381. The second kappa shape index (κ2) is 8.73. The zero-order valence-corrected chi connectivity index (χ0v) is 19.5. The van der Waals surface area contributed by atoms with E-state index in [1.807, 2.05) is 65.8 Å². The number of aryl methyl sites for hydroxylation is 3. The highest BCUT2D eigenvalue weighted by atomic mass is 35.5. The van der Waals surface area contributed by atoms with E-state index in [0.29, 0.717) is 21.6 Å². The molecule has 0 radical (unpaired) electrons. The standard InChI is InChI=1S/C21H25ClN6OS/c1-12-7-8-15(10-16(12)22)28-17(11-30-20-23-13(2)9-14(3)24-20)18(26-27-28)19(29)25-21(4,5)6/h7-10H,11H2,1-6H3,(H,25,29). The Morgan fingerprint density at radius 3 is 2.40 bits per heavy atom. The van der Waals surface area contributed by atoms with Crippen LogP contribution in [-0.4, -0.2) is 36.4 Å². The number of hydrogen-bond donors (Lipinski definition) is 1. The second-order valence-corrected chi connectivity index (χ2v) is 9.51. The van der Waals surface area contributed by atoms with Gasteiger partial charge in [0.05, 0.1) is 11.4 Å². The molecule has 0 aliphatic heterocycles. The first-order chi connectivity index (χ1) is 14.0. The summed E-state index contributed by atoms with van der Waals surface area (Å²) in [4.78, 5) is 21.8. The van der Waals surface area contributed by atoms with Gasteiger partial charge >= 0.3 is 0 Å². The molecule has 0 unspecified atom stereocenters. The van der Waals surface area contributed by atoms with Crippen molar-refractivity contribution in [3.63, 3.8) is 0 Å². The van der Waals surface area contributed by atoms with Crippen LogP contribution in [0.15, 0.2) is 29.4 Å². The van der Waals surface area contributed by atoms with Crippen LogP contribution in [0.3, 0.4) is 0 Å². The maximum absolute atomic E-state index is 12.9. The molecule has 1 amide bonds. The van der Waals surface area contributed by atoms with Crippen LogP contribution in [0.4, 0.5) is 0 Å². The number of carbonyl (C=O) groups is 1. The highest BCUT2D eigenvalue weighted by Crippen LogP contribution is 2.26. The molecule has 9 heteroatoms. The number of nitrogens with zero attached hydrogens (tertiary/aromatic N) is 5. The van der Waals surface area contributed by atoms with E-state index in [0.717, 1.165) is 22.6 Å². The number of thioether (sulfide) groups is 1. The summed E-state index contributed by atoms with van der Waals surface area (Å²) in [6.07, 6.45) is 0. The molecular weight excluding hydrogens is 420 g/mol. The first-order valence-electron chi connectivity index (χ1n) is 9.52.